The standard InChI is InChI=1S/C13H10O3/c14-12-8-10(13(15)16)6-7-11(12)9-4-2-1-3-5-9/h1-7H,8H2,(H,15,16). The van der Waals surface area contributed by atoms with Crippen molar-refractivity contribution >= 4 is 17.3 Å². The summed E-state index contributed by atoms with van der Waals surface area (Å²) in [6.07, 6.45) is 3.03. The SMILES string of the molecule is O=C(O)C1=CC=C(c2ccccc2)C(=O)C1. The van der Waals surface area contributed by atoms with Gasteiger partial charge in [-0.05, 0) is 5.56 Å². The molecule has 0 bridgehead atoms. The predicted octanol–water partition coefficient (Wildman–Crippen LogP) is 2.05. The van der Waals surface area contributed by atoms with Crippen LogP contribution in [0, 0.1) is 0 Å². The van der Waals surface area contributed by atoms with Gasteiger partial charge in [0.25, 0.3) is 0 Å². The first-order valence-corrected chi connectivity index (χ1v) is 4.91. The van der Waals surface area contributed by atoms with E-state index in [2.05, 4.69) is 0 Å². The van der Waals surface area contributed by atoms with Crippen LogP contribution in [0.15, 0.2) is 48.1 Å². The summed E-state index contributed by atoms with van der Waals surface area (Å²) >= 11 is 0. The van der Waals surface area contributed by atoms with E-state index in [0.29, 0.717) is 5.57 Å². The summed E-state index contributed by atoms with van der Waals surface area (Å²) in [7, 11) is 0. The number of carbonyl (C=O) groups is 2. The maximum Gasteiger partial charge on any atom is 0.332 e. The Kier molecular flexibility index (Phi) is 2.68. The lowest BCUT2D eigenvalue weighted by molar-refractivity contribution is -0.133. The number of hydrogen-bond acceptors (Lipinski definition) is 2. The second-order valence-corrected chi connectivity index (χ2v) is 3.54. The molecule has 0 saturated carbocycles. The zero-order chi connectivity index (χ0) is 11.5. The smallest absolute Gasteiger partial charge is 0.332 e. The third kappa shape index (κ3) is 1.93. The Morgan fingerprint density at radius 1 is 1.12 bits per heavy atom. The molecule has 0 heterocycles. The van der Waals surface area contributed by atoms with Gasteiger partial charge in [-0.3, -0.25) is 4.79 Å². The molecule has 0 spiro atoms. The number of ketones is 1. The summed E-state index contributed by atoms with van der Waals surface area (Å²) in [6, 6.07) is 9.24. The van der Waals surface area contributed by atoms with Crippen molar-refractivity contribution in [1.29, 1.82) is 0 Å². The topological polar surface area (TPSA) is 54.4 Å². The molecule has 0 aliphatic heterocycles. The van der Waals surface area contributed by atoms with Crippen molar-refractivity contribution in [2.75, 3.05) is 0 Å². The number of rotatable bonds is 2. The lowest BCUT2D eigenvalue weighted by Gasteiger charge is -2.11. The molecule has 1 aromatic rings. The Hall–Kier alpha value is -2.16. The lowest BCUT2D eigenvalue weighted by Crippen LogP contribution is -2.12. The molecule has 0 unspecified atom stereocenters. The highest BCUT2D eigenvalue weighted by Crippen LogP contribution is 2.23. The molecular weight excluding hydrogens is 204 g/mol. The largest absolute Gasteiger partial charge is 0.478 e. The van der Waals surface area contributed by atoms with Crippen molar-refractivity contribution in [3.8, 4) is 0 Å². The number of carboxylic acids is 1. The van der Waals surface area contributed by atoms with E-state index in [9.17, 15) is 9.59 Å². The van der Waals surface area contributed by atoms with Crippen molar-refractivity contribution in [3.05, 3.63) is 53.6 Å². The van der Waals surface area contributed by atoms with Gasteiger partial charge in [-0.15, -0.1) is 0 Å². The van der Waals surface area contributed by atoms with E-state index in [1.807, 2.05) is 30.3 Å². The van der Waals surface area contributed by atoms with Gasteiger partial charge >= 0.3 is 5.97 Å². The van der Waals surface area contributed by atoms with E-state index in [-0.39, 0.29) is 17.8 Å². The summed E-state index contributed by atoms with van der Waals surface area (Å²) < 4.78 is 0. The molecule has 1 aliphatic carbocycles. The van der Waals surface area contributed by atoms with Gasteiger partial charge in [-0.25, -0.2) is 4.79 Å². The molecule has 0 aromatic heterocycles. The minimum absolute atomic E-state index is 0.0317. The first kappa shape index (κ1) is 10.4. The summed E-state index contributed by atoms with van der Waals surface area (Å²) in [5.41, 5.74) is 1.54. The van der Waals surface area contributed by atoms with Crippen LogP contribution < -0.4 is 0 Å². The van der Waals surface area contributed by atoms with Crippen molar-refractivity contribution in [3.63, 3.8) is 0 Å². The second kappa shape index (κ2) is 4.14. The maximum atomic E-state index is 11.7. The minimum atomic E-state index is -1.03. The Bertz CT molecular complexity index is 495. The van der Waals surface area contributed by atoms with Gasteiger partial charge in [0.1, 0.15) is 0 Å². The van der Waals surface area contributed by atoms with Crippen LogP contribution in [0.2, 0.25) is 0 Å². The van der Waals surface area contributed by atoms with E-state index in [1.165, 1.54) is 6.08 Å². The molecule has 80 valence electrons. The zero-order valence-corrected chi connectivity index (χ0v) is 8.51. The first-order chi connectivity index (χ1) is 7.68. The Morgan fingerprint density at radius 3 is 2.38 bits per heavy atom. The third-order valence-corrected chi connectivity index (χ3v) is 2.46. The minimum Gasteiger partial charge on any atom is -0.478 e. The van der Waals surface area contributed by atoms with Gasteiger partial charge in [0, 0.05) is 17.6 Å². The normalized spacial score (nSPS) is 15.4. The fraction of sp³-hybridized carbons (Fsp3) is 0.0769. The van der Waals surface area contributed by atoms with Crippen LogP contribution in [0.4, 0.5) is 0 Å². The molecule has 2 rings (SSSR count). The fourth-order valence-corrected chi connectivity index (χ4v) is 1.63. The summed E-state index contributed by atoms with van der Waals surface area (Å²) in [4.78, 5) is 22.4. The van der Waals surface area contributed by atoms with Crippen LogP contribution in [-0.4, -0.2) is 16.9 Å². The van der Waals surface area contributed by atoms with E-state index >= 15 is 0 Å². The summed E-state index contributed by atoms with van der Waals surface area (Å²) in [5, 5.41) is 8.76. The monoisotopic (exact) mass is 214 g/mol. The van der Waals surface area contributed by atoms with Gasteiger partial charge in [0.15, 0.2) is 5.78 Å². The molecule has 3 nitrogen and oxygen atoms in total. The quantitative estimate of drug-likeness (QED) is 0.819. The highest BCUT2D eigenvalue weighted by atomic mass is 16.4. The number of benzene rings is 1. The van der Waals surface area contributed by atoms with E-state index in [4.69, 9.17) is 5.11 Å². The molecule has 0 amide bonds. The van der Waals surface area contributed by atoms with Gasteiger partial charge in [-0.2, -0.15) is 0 Å². The average molecular weight is 214 g/mol. The molecule has 1 aromatic carbocycles. The molecule has 1 aliphatic rings. The van der Waals surface area contributed by atoms with Crippen LogP contribution in [0.5, 0.6) is 0 Å². The number of allylic oxidation sites excluding steroid dienone is 3. The van der Waals surface area contributed by atoms with Crippen molar-refractivity contribution in [2.24, 2.45) is 0 Å². The molecule has 3 heteroatoms. The number of aliphatic carboxylic acids is 1. The van der Waals surface area contributed by atoms with Crippen molar-refractivity contribution in [2.45, 2.75) is 6.42 Å². The highest BCUT2D eigenvalue weighted by molar-refractivity contribution is 6.24. The van der Waals surface area contributed by atoms with Crippen molar-refractivity contribution in [1.82, 2.24) is 0 Å². The lowest BCUT2D eigenvalue weighted by atomic mass is 9.92. The van der Waals surface area contributed by atoms with Gasteiger partial charge in [0.05, 0.1) is 0 Å². The van der Waals surface area contributed by atoms with E-state index < -0.39 is 5.97 Å². The number of Topliss-reactive ketones (excluding diaryl/α,β-unsaturated/α-hetero) is 1. The van der Waals surface area contributed by atoms with E-state index in [1.54, 1.807) is 6.08 Å². The summed E-state index contributed by atoms with van der Waals surface area (Å²) in [5.74, 6) is -1.18. The molecule has 16 heavy (non-hydrogen) atoms. The third-order valence-electron chi connectivity index (χ3n) is 2.46. The Labute approximate surface area is 92.7 Å². The maximum absolute atomic E-state index is 11.7. The van der Waals surface area contributed by atoms with Gasteiger partial charge in [-0.1, -0.05) is 42.5 Å². The van der Waals surface area contributed by atoms with Crippen LogP contribution in [0.1, 0.15) is 12.0 Å². The van der Waals surface area contributed by atoms with Crippen molar-refractivity contribution < 1.29 is 14.7 Å². The molecule has 0 fully saturated rings. The molecular formula is C13H10O3. The zero-order valence-electron chi connectivity index (χ0n) is 8.51. The molecule has 0 radical (unpaired) electrons. The van der Waals surface area contributed by atoms with Crippen LogP contribution in [0.25, 0.3) is 5.57 Å². The molecule has 0 atom stereocenters. The summed E-state index contributed by atoms with van der Waals surface area (Å²) in [6.45, 7) is 0. The number of carboxylic acid groups (broad SMARTS) is 1. The predicted molar refractivity (Wildman–Crippen MR) is 59.8 cm³/mol. The number of carbonyl (C=O) groups excluding carboxylic acids is 1. The highest BCUT2D eigenvalue weighted by Gasteiger charge is 2.20. The van der Waals surface area contributed by atoms with E-state index in [0.717, 1.165) is 5.56 Å². The van der Waals surface area contributed by atoms with Crippen LogP contribution in [-0.2, 0) is 9.59 Å². The van der Waals surface area contributed by atoms with Crippen LogP contribution in [0.3, 0.4) is 0 Å². The molecule has 0 saturated heterocycles. The fourth-order valence-electron chi connectivity index (χ4n) is 1.63. The first-order valence-electron chi connectivity index (χ1n) is 4.91. The Balaban J connectivity index is 2.38. The molecule has 1 N–H and O–H groups in total. The number of hydrogen-bond donors (Lipinski definition) is 1. The van der Waals surface area contributed by atoms with Gasteiger partial charge < -0.3 is 5.11 Å². The van der Waals surface area contributed by atoms with Gasteiger partial charge in [0.2, 0.25) is 0 Å². The Morgan fingerprint density at radius 2 is 1.81 bits per heavy atom. The second-order valence-electron chi connectivity index (χ2n) is 3.54. The van der Waals surface area contributed by atoms with Crippen LogP contribution >= 0.6 is 0 Å². The average Bonchev–Trinajstić information content (AvgIpc) is 2.30.